The van der Waals surface area contributed by atoms with Crippen molar-refractivity contribution in [1.29, 1.82) is 0 Å². The topological polar surface area (TPSA) is 58.2 Å². The van der Waals surface area contributed by atoms with Gasteiger partial charge in [0.05, 0.1) is 17.5 Å². The summed E-state index contributed by atoms with van der Waals surface area (Å²) in [4.78, 5) is 24.1. The molecule has 0 aliphatic rings. The van der Waals surface area contributed by atoms with Crippen LogP contribution in [0.2, 0.25) is 5.02 Å². The zero-order chi connectivity index (χ0) is 33.1. The van der Waals surface area contributed by atoms with Gasteiger partial charge in [-0.3, -0.25) is 9.59 Å². The molecule has 0 aliphatic carbocycles. The molecule has 2 N–H and O–H groups in total. The molecule has 0 aliphatic heterocycles. The molecule has 0 radical (unpaired) electrons. The van der Waals surface area contributed by atoms with E-state index in [0.717, 1.165) is 13.0 Å². The Morgan fingerprint density at radius 3 is 2.00 bits per heavy atom. The van der Waals surface area contributed by atoms with Gasteiger partial charge in [0.2, 0.25) is 5.91 Å². The van der Waals surface area contributed by atoms with E-state index in [4.69, 9.17) is 11.6 Å². The third kappa shape index (κ3) is 10.9. The minimum absolute atomic E-state index is 0.0321. The van der Waals surface area contributed by atoms with Gasteiger partial charge in [0.1, 0.15) is 24.3 Å². The number of benzene rings is 2. The fourth-order valence-electron chi connectivity index (χ4n) is 3.62. The van der Waals surface area contributed by atoms with Gasteiger partial charge in [-0.05, 0) is 48.4 Å². The summed E-state index contributed by atoms with van der Waals surface area (Å²) < 4.78 is 173. The summed E-state index contributed by atoms with van der Waals surface area (Å²) in [6.07, 6.45) is -22.3. The molecule has 0 heterocycles. The van der Waals surface area contributed by atoms with Crippen molar-refractivity contribution in [3.63, 3.8) is 0 Å². The van der Waals surface area contributed by atoms with Crippen molar-refractivity contribution in [3.05, 3.63) is 75.3 Å². The molecule has 0 bridgehead atoms. The van der Waals surface area contributed by atoms with Gasteiger partial charge >= 0.3 is 24.7 Å². The summed E-state index contributed by atoms with van der Waals surface area (Å²) in [5.74, 6) is -7.92. The molecule has 18 heteroatoms. The average Bonchev–Trinajstić information content (AvgIpc) is 2.81. The molecule has 238 valence electrons. The summed E-state index contributed by atoms with van der Waals surface area (Å²) in [6.45, 7) is -0.960. The first-order valence-electron chi connectivity index (χ1n) is 11.5. The number of hydrogen-bond acceptors (Lipinski definition) is 2. The van der Waals surface area contributed by atoms with E-state index in [1.807, 2.05) is 0 Å². The largest absolute Gasteiger partial charge is 0.417 e. The number of amides is 2. The standard InChI is InChI=1S/C25H18ClF13N2O2/c1-11(20(42)40-10-23(31,32)33)41-21(43)16-3-2-13(7-18(16)25(37,38)39)19(27)8-17(24(34,35)36)14-4-12(5-15(26)6-14)9-22(28,29)30/h2-8,11,17H,9-10H2,1H3,(H,40,42)(H,41,43)/b19-8-/t11-,17?/m1/s1. The Hall–Kier alpha value is -3.50. The Morgan fingerprint density at radius 1 is 0.884 bits per heavy atom. The lowest BCUT2D eigenvalue weighted by molar-refractivity contribution is -0.140. The maximum absolute atomic E-state index is 15.0. The highest BCUT2D eigenvalue weighted by atomic mass is 35.5. The van der Waals surface area contributed by atoms with Gasteiger partial charge in [0.15, 0.2) is 0 Å². The number of alkyl halides is 12. The molecule has 0 saturated carbocycles. The number of carbonyl (C=O) groups excluding carboxylic acids is 2. The van der Waals surface area contributed by atoms with Crippen molar-refractivity contribution in [3.8, 4) is 0 Å². The maximum atomic E-state index is 15.0. The summed E-state index contributed by atoms with van der Waals surface area (Å²) in [5, 5.41) is 2.56. The van der Waals surface area contributed by atoms with Crippen LogP contribution in [0.3, 0.4) is 0 Å². The summed E-state index contributed by atoms with van der Waals surface area (Å²) in [6, 6.07) is 0.809. The molecule has 2 aromatic carbocycles. The van der Waals surface area contributed by atoms with E-state index in [1.54, 1.807) is 5.32 Å². The zero-order valence-corrected chi connectivity index (χ0v) is 22.0. The summed E-state index contributed by atoms with van der Waals surface area (Å²) in [5.41, 5.74) is -5.90. The molecule has 0 fully saturated rings. The Bertz CT molecular complexity index is 1360. The Labute approximate surface area is 238 Å². The van der Waals surface area contributed by atoms with Gasteiger partial charge < -0.3 is 10.6 Å². The van der Waals surface area contributed by atoms with E-state index in [2.05, 4.69) is 0 Å². The van der Waals surface area contributed by atoms with E-state index in [-0.39, 0.29) is 12.1 Å². The van der Waals surface area contributed by atoms with Crippen LogP contribution < -0.4 is 10.6 Å². The van der Waals surface area contributed by atoms with Crippen LogP contribution >= 0.6 is 11.6 Å². The Morgan fingerprint density at radius 2 is 1.49 bits per heavy atom. The number of nitrogens with one attached hydrogen (secondary N) is 2. The highest BCUT2D eigenvalue weighted by Gasteiger charge is 2.41. The van der Waals surface area contributed by atoms with Crippen molar-refractivity contribution in [2.24, 2.45) is 0 Å². The third-order valence-corrected chi connectivity index (χ3v) is 5.68. The molecule has 2 amide bonds. The quantitative estimate of drug-likeness (QED) is 0.283. The third-order valence-electron chi connectivity index (χ3n) is 5.46. The smallest absolute Gasteiger partial charge is 0.345 e. The van der Waals surface area contributed by atoms with E-state index >= 15 is 4.39 Å². The Balaban J connectivity index is 2.48. The van der Waals surface area contributed by atoms with Crippen LogP contribution in [-0.2, 0) is 17.4 Å². The second-order valence-corrected chi connectivity index (χ2v) is 9.44. The van der Waals surface area contributed by atoms with Gasteiger partial charge in [-0.25, -0.2) is 4.39 Å². The van der Waals surface area contributed by atoms with Gasteiger partial charge in [-0.2, -0.15) is 52.7 Å². The number of allylic oxidation sites excluding steroid dienone is 1. The first kappa shape index (κ1) is 35.7. The van der Waals surface area contributed by atoms with Crippen molar-refractivity contribution < 1.29 is 66.7 Å². The number of hydrogen-bond donors (Lipinski definition) is 2. The highest BCUT2D eigenvalue weighted by Crippen LogP contribution is 2.41. The average molecular weight is 661 g/mol. The number of carbonyl (C=O) groups is 2. The van der Waals surface area contributed by atoms with E-state index in [1.165, 1.54) is 5.32 Å². The van der Waals surface area contributed by atoms with Gasteiger partial charge in [-0.1, -0.05) is 23.7 Å². The van der Waals surface area contributed by atoms with Crippen LogP contribution in [0.4, 0.5) is 57.1 Å². The molecule has 1 unspecified atom stereocenters. The highest BCUT2D eigenvalue weighted by molar-refractivity contribution is 6.30. The minimum atomic E-state index is -5.42. The normalized spacial score (nSPS) is 14.7. The minimum Gasteiger partial charge on any atom is -0.345 e. The van der Waals surface area contributed by atoms with Crippen molar-refractivity contribution in [2.45, 2.75) is 50.0 Å². The van der Waals surface area contributed by atoms with Gasteiger partial charge in [0.25, 0.3) is 5.91 Å². The van der Waals surface area contributed by atoms with Gasteiger partial charge in [0, 0.05) is 10.6 Å². The Kier molecular flexibility index (Phi) is 10.8. The van der Waals surface area contributed by atoms with Crippen LogP contribution in [0, 0.1) is 0 Å². The van der Waals surface area contributed by atoms with E-state index in [9.17, 15) is 62.3 Å². The van der Waals surface area contributed by atoms with Crippen molar-refractivity contribution in [2.75, 3.05) is 6.54 Å². The van der Waals surface area contributed by atoms with Crippen molar-refractivity contribution in [1.82, 2.24) is 10.6 Å². The van der Waals surface area contributed by atoms with E-state index in [0.29, 0.717) is 24.3 Å². The summed E-state index contributed by atoms with van der Waals surface area (Å²) in [7, 11) is 0. The van der Waals surface area contributed by atoms with E-state index < -0.39 is 100 Å². The molecule has 43 heavy (non-hydrogen) atoms. The zero-order valence-electron chi connectivity index (χ0n) is 21.2. The van der Waals surface area contributed by atoms with Crippen molar-refractivity contribution >= 4 is 29.2 Å². The van der Waals surface area contributed by atoms with Crippen LogP contribution in [-0.4, -0.2) is 42.9 Å². The lowest BCUT2D eigenvalue weighted by Crippen LogP contribution is -2.47. The molecule has 0 aromatic heterocycles. The van der Waals surface area contributed by atoms with Crippen LogP contribution in [0.1, 0.15) is 45.5 Å². The maximum Gasteiger partial charge on any atom is 0.417 e. The molecular weight excluding hydrogens is 643 g/mol. The lowest BCUT2D eigenvalue weighted by Gasteiger charge is -2.20. The molecule has 0 spiro atoms. The molecular formula is C25H18ClF13N2O2. The second kappa shape index (κ2) is 13.0. The van der Waals surface area contributed by atoms with Crippen LogP contribution in [0.5, 0.6) is 0 Å². The monoisotopic (exact) mass is 660 g/mol. The predicted molar refractivity (Wildman–Crippen MR) is 127 cm³/mol. The number of rotatable bonds is 8. The fraction of sp³-hybridized carbons (Fsp3) is 0.360. The second-order valence-electron chi connectivity index (χ2n) is 9.00. The fourth-order valence-corrected chi connectivity index (χ4v) is 3.88. The molecule has 4 nitrogen and oxygen atoms in total. The predicted octanol–water partition coefficient (Wildman–Crippen LogP) is 7.92. The van der Waals surface area contributed by atoms with Crippen LogP contribution in [0.25, 0.3) is 5.83 Å². The molecule has 2 rings (SSSR count). The molecule has 2 atom stereocenters. The SMILES string of the molecule is C[C@@H](NC(=O)c1ccc(/C(F)=C/C(c2cc(Cl)cc(CC(F)(F)F)c2)C(F)(F)F)cc1C(F)(F)F)C(=O)NCC(F)(F)F. The lowest BCUT2D eigenvalue weighted by atomic mass is 9.93. The number of halogens is 14. The van der Waals surface area contributed by atoms with Crippen LogP contribution in [0.15, 0.2) is 42.5 Å². The summed E-state index contributed by atoms with van der Waals surface area (Å²) >= 11 is 5.65. The van der Waals surface area contributed by atoms with Gasteiger partial charge in [-0.15, -0.1) is 0 Å². The first-order valence-corrected chi connectivity index (χ1v) is 11.9. The molecule has 2 aromatic rings. The molecule has 0 saturated heterocycles. The first-order chi connectivity index (χ1) is 19.4.